The van der Waals surface area contributed by atoms with Crippen molar-refractivity contribution in [1.29, 1.82) is 0 Å². The minimum absolute atomic E-state index is 0.0986. The van der Waals surface area contributed by atoms with Gasteiger partial charge >= 0.3 is 0 Å². The van der Waals surface area contributed by atoms with Gasteiger partial charge in [-0.1, -0.05) is 12.1 Å². The van der Waals surface area contributed by atoms with Crippen LogP contribution >= 0.6 is 11.6 Å². The molecule has 0 bridgehead atoms. The number of rotatable bonds is 1. The summed E-state index contributed by atoms with van der Waals surface area (Å²) >= 11 is 5.64. The molecule has 1 N–H and O–H groups in total. The Morgan fingerprint density at radius 3 is 2.78 bits per heavy atom. The summed E-state index contributed by atoms with van der Waals surface area (Å²) in [5.41, 5.74) is 0.630. The van der Waals surface area contributed by atoms with Gasteiger partial charge in [-0.25, -0.2) is 0 Å². The number of halogens is 1. The number of hydrogen-bond donors (Lipinski definition) is 1. The van der Waals surface area contributed by atoms with Gasteiger partial charge in [0.1, 0.15) is 5.88 Å². The van der Waals surface area contributed by atoms with Crippen LogP contribution in [0.2, 0.25) is 0 Å². The average Bonchev–Trinajstić information content (AvgIpc) is 2.44. The number of benzene rings is 1. The summed E-state index contributed by atoms with van der Waals surface area (Å²) in [4.78, 5) is 25.6. The van der Waals surface area contributed by atoms with Gasteiger partial charge in [-0.15, -0.1) is 11.6 Å². The van der Waals surface area contributed by atoms with Crippen molar-refractivity contribution >= 4 is 29.1 Å². The summed E-state index contributed by atoms with van der Waals surface area (Å²) in [5, 5.41) is 2.91. The van der Waals surface area contributed by atoms with Crippen molar-refractivity contribution in [2.75, 3.05) is 17.3 Å². The Labute approximate surface area is 111 Å². The molecule has 96 valence electrons. The molecule has 0 fully saturated rings. The fourth-order valence-electron chi connectivity index (χ4n) is 2.09. The number of hydrogen-bond acceptors (Lipinski definition) is 2. The number of carbonyl (C=O) groups is 2. The van der Waals surface area contributed by atoms with Crippen LogP contribution in [0.15, 0.2) is 24.3 Å². The fraction of sp³-hybridized carbons (Fsp3) is 0.385. The Kier molecular flexibility index (Phi) is 3.30. The Morgan fingerprint density at radius 2 is 2.11 bits per heavy atom. The topological polar surface area (TPSA) is 49.4 Å². The van der Waals surface area contributed by atoms with Crippen molar-refractivity contribution in [2.24, 2.45) is 0 Å². The molecule has 2 amide bonds. The number of carbonyl (C=O) groups excluding carboxylic acids is 2. The third kappa shape index (κ3) is 2.34. The first-order valence-electron chi connectivity index (χ1n) is 5.72. The fourth-order valence-corrected chi connectivity index (χ4v) is 2.23. The van der Waals surface area contributed by atoms with Crippen LogP contribution < -0.4 is 10.2 Å². The van der Waals surface area contributed by atoms with Gasteiger partial charge in [-0.3, -0.25) is 9.59 Å². The second kappa shape index (κ2) is 4.61. The van der Waals surface area contributed by atoms with E-state index in [1.807, 2.05) is 13.8 Å². The minimum atomic E-state index is -0.488. The number of nitrogens with zero attached hydrogens (tertiary/aromatic N) is 1. The van der Waals surface area contributed by atoms with Gasteiger partial charge in [0.05, 0.1) is 16.8 Å². The van der Waals surface area contributed by atoms with E-state index in [4.69, 9.17) is 11.6 Å². The zero-order valence-corrected chi connectivity index (χ0v) is 11.1. The van der Waals surface area contributed by atoms with Crippen LogP contribution in [0.1, 0.15) is 24.2 Å². The molecule has 0 saturated carbocycles. The van der Waals surface area contributed by atoms with Gasteiger partial charge in [0.15, 0.2) is 0 Å². The maximum absolute atomic E-state index is 12.1. The molecule has 0 aliphatic carbocycles. The molecule has 0 aromatic heterocycles. The highest BCUT2D eigenvalue weighted by Crippen LogP contribution is 2.26. The number of amides is 2. The molecule has 4 nitrogen and oxygen atoms in total. The van der Waals surface area contributed by atoms with Crippen molar-refractivity contribution < 1.29 is 9.59 Å². The lowest BCUT2D eigenvalue weighted by molar-refractivity contribution is -0.116. The predicted molar refractivity (Wildman–Crippen MR) is 71.1 cm³/mol. The zero-order chi connectivity index (χ0) is 13.3. The molecule has 2 rings (SSSR count). The highest BCUT2D eigenvalue weighted by Gasteiger charge is 2.33. The quantitative estimate of drug-likeness (QED) is 0.788. The van der Waals surface area contributed by atoms with Gasteiger partial charge in [-0.05, 0) is 26.0 Å². The largest absolute Gasteiger partial charge is 0.345 e. The van der Waals surface area contributed by atoms with E-state index in [1.165, 1.54) is 0 Å². The van der Waals surface area contributed by atoms with E-state index >= 15 is 0 Å². The van der Waals surface area contributed by atoms with Crippen LogP contribution in [0.3, 0.4) is 0 Å². The second-order valence-corrected chi connectivity index (χ2v) is 5.24. The van der Waals surface area contributed by atoms with E-state index in [9.17, 15) is 9.59 Å². The maximum Gasteiger partial charge on any atom is 0.253 e. The molecule has 0 radical (unpaired) electrons. The zero-order valence-electron chi connectivity index (χ0n) is 10.4. The first kappa shape index (κ1) is 12.9. The lowest BCUT2D eigenvalue weighted by Crippen LogP contribution is -2.50. The molecule has 1 aliphatic heterocycles. The Hall–Kier alpha value is -1.55. The van der Waals surface area contributed by atoms with Gasteiger partial charge in [-0.2, -0.15) is 0 Å². The molecule has 0 unspecified atom stereocenters. The van der Waals surface area contributed by atoms with Gasteiger partial charge < -0.3 is 10.2 Å². The number of alkyl halides is 1. The molecule has 18 heavy (non-hydrogen) atoms. The summed E-state index contributed by atoms with van der Waals surface area (Å²) < 4.78 is 0. The predicted octanol–water partition coefficient (Wildman–Crippen LogP) is 1.78. The second-order valence-electron chi connectivity index (χ2n) is 4.97. The van der Waals surface area contributed by atoms with E-state index in [1.54, 1.807) is 29.2 Å². The standard InChI is InChI=1S/C13H15ClN2O2/c1-13(2)8-16(11(17)7-14)10-6-4-3-5-9(10)12(18)15-13/h3-6H,7-8H2,1-2H3,(H,15,18). The van der Waals surface area contributed by atoms with Gasteiger partial charge in [0, 0.05) is 6.54 Å². The highest BCUT2D eigenvalue weighted by molar-refractivity contribution is 6.29. The third-order valence-corrected chi connectivity index (χ3v) is 3.09. The first-order valence-corrected chi connectivity index (χ1v) is 6.26. The number of anilines is 1. The summed E-state index contributed by atoms with van der Waals surface area (Å²) in [7, 11) is 0. The van der Waals surface area contributed by atoms with Crippen LogP contribution in [0.25, 0.3) is 0 Å². The van der Waals surface area contributed by atoms with Crippen LogP contribution in [0.5, 0.6) is 0 Å². The summed E-state index contributed by atoms with van der Waals surface area (Å²) in [6, 6.07) is 7.06. The molecular formula is C13H15ClN2O2. The van der Waals surface area contributed by atoms with Crippen molar-refractivity contribution in [3.8, 4) is 0 Å². The summed E-state index contributed by atoms with van der Waals surface area (Å²) in [6.45, 7) is 4.16. The number of nitrogens with one attached hydrogen (secondary N) is 1. The number of fused-ring (bicyclic) bond motifs is 1. The Bertz CT molecular complexity index is 500. The van der Waals surface area contributed by atoms with E-state index in [0.717, 1.165) is 0 Å². The SMILES string of the molecule is CC1(C)CN(C(=O)CCl)c2ccccc2C(=O)N1. The van der Waals surface area contributed by atoms with Gasteiger partial charge in [0.25, 0.3) is 5.91 Å². The van der Waals surface area contributed by atoms with Crippen molar-refractivity contribution in [2.45, 2.75) is 19.4 Å². The molecule has 0 atom stereocenters. The average molecular weight is 267 g/mol. The van der Waals surface area contributed by atoms with Crippen LogP contribution in [0, 0.1) is 0 Å². The molecule has 0 saturated heterocycles. The van der Waals surface area contributed by atoms with Crippen LogP contribution in [-0.4, -0.2) is 29.8 Å². The van der Waals surface area contributed by atoms with Crippen LogP contribution in [-0.2, 0) is 4.79 Å². The summed E-state index contributed by atoms with van der Waals surface area (Å²) in [6.07, 6.45) is 0. The van der Waals surface area contributed by atoms with Crippen molar-refractivity contribution in [1.82, 2.24) is 5.32 Å². The molecule has 5 heteroatoms. The van der Waals surface area contributed by atoms with E-state index < -0.39 is 5.54 Å². The maximum atomic E-state index is 12.1. The molecule has 0 spiro atoms. The lowest BCUT2D eigenvalue weighted by Gasteiger charge is -2.29. The molecule has 1 aromatic carbocycles. The Balaban J connectivity index is 2.54. The third-order valence-electron chi connectivity index (χ3n) is 2.86. The highest BCUT2D eigenvalue weighted by atomic mass is 35.5. The van der Waals surface area contributed by atoms with Crippen molar-refractivity contribution in [3.63, 3.8) is 0 Å². The van der Waals surface area contributed by atoms with E-state index in [0.29, 0.717) is 17.8 Å². The van der Waals surface area contributed by atoms with Crippen LogP contribution in [0.4, 0.5) is 5.69 Å². The molecule has 1 aromatic rings. The van der Waals surface area contributed by atoms with Gasteiger partial charge in [0.2, 0.25) is 5.91 Å². The smallest absolute Gasteiger partial charge is 0.253 e. The van der Waals surface area contributed by atoms with E-state index in [2.05, 4.69) is 5.32 Å². The lowest BCUT2D eigenvalue weighted by atomic mass is 10.1. The van der Waals surface area contributed by atoms with E-state index in [-0.39, 0.29) is 17.7 Å². The monoisotopic (exact) mass is 266 g/mol. The Morgan fingerprint density at radius 1 is 1.44 bits per heavy atom. The molecule has 1 aliphatic rings. The number of para-hydroxylation sites is 1. The molecular weight excluding hydrogens is 252 g/mol. The normalized spacial score (nSPS) is 17.7. The van der Waals surface area contributed by atoms with Crippen molar-refractivity contribution in [3.05, 3.63) is 29.8 Å². The summed E-state index contributed by atoms with van der Waals surface area (Å²) in [5.74, 6) is -0.465. The molecule has 1 heterocycles. The first-order chi connectivity index (χ1) is 8.44. The minimum Gasteiger partial charge on any atom is -0.345 e.